The van der Waals surface area contributed by atoms with Gasteiger partial charge in [0.1, 0.15) is 18.8 Å². The Balaban J connectivity index is 1.66. The highest BCUT2D eigenvalue weighted by atomic mass is 16.6. The summed E-state index contributed by atoms with van der Waals surface area (Å²) in [6, 6.07) is 12.1. The van der Waals surface area contributed by atoms with Crippen LogP contribution in [0.1, 0.15) is 56.5 Å². The van der Waals surface area contributed by atoms with E-state index in [4.69, 9.17) is 9.47 Å². The van der Waals surface area contributed by atoms with Crippen molar-refractivity contribution in [2.24, 2.45) is 0 Å². The third-order valence-corrected chi connectivity index (χ3v) is 5.73. The van der Waals surface area contributed by atoms with E-state index in [1.807, 2.05) is 30.3 Å². The summed E-state index contributed by atoms with van der Waals surface area (Å²) >= 11 is 0. The van der Waals surface area contributed by atoms with E-state index in [-0.39, 0.29) is 36.4 Å². The molecule has 10 heteroatoms. The monoisotopic (exact) mass is 520 g/mol. The summed E-state index contributed by atoms with van der Waals surface area (Å²) in [5.74, 6) is -0.693. The number of hydrogen-bond acceptors (Lipinski definition) is 6. The third kappa shape index (κ3) is 7.12. The number of nitrogens with zero attached hydrogens (tertiary/aromatic N) is 1. The standard InChI is InChI=1S/C28H32N4O6/c1-17(33)21-14-32(15-25(34)38-28(2,3)4)24-13-23(31-27(36)37-16-18-8-6-5-7-9-18)22(12-20(21)24)30-26(35)29-19-10-11-19/h5-9,12-14,19H,10-11,15-16H2,1-4H3,(H,31,36)(H2,29,30,35). The van der Waals surface area contributed by atoms with Gasteiger partial charge in [-0.25, -0.2) is 9.59 Å². The number of rotatable bonds is 8. The largest absolute Gasteiger partial charge is 0.459 e. The van der Waals surface area contributed by atoms with E-state index < -0.39 is 23.7 Å². The van der Waals surface area contributed by atoms with Gasteiger partial charge in [-0.15, -0.1) is 0 Å². The quantitative estimate of drug-likeness (QED) is 0.276. The van der Waals surface area contributed by atoms with Crippen LogP contribution in [0.3, 0.4) is 0 Å². The number of urea groups is 1. The van der Waals surface area contributed by atoms with Gasteiger partial charge < -0.3 is 24.7 Å². The number of Topliss-reactive ketones (excluding diaryl/α,β-unsaturated/α-hetero) is 1. The second kappa shape index (κ2) is 11.0. The van der Waals surface area contributed by atoms with Gasteiger partial charge >= 0.3 is 18.1 Å². The van der Waals surface area contributed by atoms with Crippen molar-refractivity contribution in [2.45, 2.75) is 65.3 Å². The summed E-state index contributed by atoms with van der Waals surface area (Å²) in [5, 5.41) is 8.81. The van der Waals surface area contributed by atoms with Crippen LogP contribution in [-0.2, 0) is 27.4 Å². The van der Waals surface area contributed by atoms with Crippen molar-refractivity contribution in [1.82, 2.24) is 9.88 Å². The molecule has 3 N–H and O–H groups in total. The molecule has 0 atom stereocenters. The number of carbonyl (C=O) groups excluding carboxylic acids is 4. The Kier molecular flexibility index (Phi) is 7.70. The molecule has 0 bridgehead atoms. The Morgan fingerprint density at radius 2 is 1.68 bits per heavy atom. The lowest BCUT2D eigenvalue weighted by Crippen LogP contribution is -2.30. The Morgan fingerprint density at radius 1 is 1.00 bits per heavy atom. The van der Waals surface area contributed by atoms with Crippen molar-refractivity contribution in [3.05, 3.63) is 59.8 Å². The number of amides is 3. The van der Waals surface area contributed by atoms with Crippen LogP contribution in [0.15, 0.2) is 48.7 Å². The second-order valence-electron chi connectivity index (χ2n) is 10.3. The Bertz CT molecular complexity index is 1370. The summed E-state index contributed by atoms with van der Waals surface area (Å²) in [6.45, 7) is 6.65. The molecule has 200 valence electrons. The van der Waals surface area contributed by atoms with Crippen molar-refractivity contribution in [1.29, 1.82) is 0 Å². The predicted octanol–water partition coefficient (Wildman–Crippen LogP) is 5.22. The molecule has 1 saturated carbocycles. The van der Waals surface area contributed by atoms with Gasteiger partial charge in [0.15, 0.2) is 5.78 Å². The lowest BCUT2D eigenvalue weighted by Gasteiger charge is -2.20. The number of ketones is 1. The number of carbonyl (C=O) groups is 4. The van der Waals surface area contributed by atoms with Gasteiger partial charge in [-0.1, -0.05) is 30.3 Å². The van der Waals surface area contributed by atoms with E-state index in [1.54, 1.807) is 43.7 Å². The lowest BCUT2D eigenvalue weighted by molar-refractivity contribution is -0.155. The molecule has 1 fully saturated rings. The van der Waals surface area contributed by atoms with E-state index in [9.17, 15) is 19.2 Å². The summed E-state index contributed by atoms with van der Waals surface area (Å²) in [4.78, 5) is 50.2. The Labute approximate surface area is 220 Å². The van der Waals surface area contributed by atoms with Crippen molar-refractivity contribution in [2.75, 3.05) is 10.6 Å². The molecule has 1 aromatic heterocycles. The van der Waals surface area contributed by atoms with Crippen molar-refractivity contribution in [3.8, 4) is 0 Å². The fourth-order valence-electron chi connectivity index (χ4n) is 3.91. The normalized spacial score (nSPS) is 13.1. The first-order chi connectivity index (χ1) is 18.0. The molecule has 0 aliphatic heterocycles. The molecule has 10 nitrogen and oxygen atoms in total. The average Bonchev–Trinajstić information content (AvgIpc) is 3.57. The van der Waals surface area contributed by atoms with Crippen molar-refractivity contribution in [3.63, 3.8) is 0 Å². The zero-order chi connectivity index (χ0) is 27.4. The van der Waals surface area contributed by atoms with Gasteiger partial charge in [0.25, 0.3) is 0 Å². The van der Waals surface area contributed by atoms with Crippen LogP contribution in [0, 0.1) is 0 Å². The summed E-state index contributed by atoms with van der Waals surface area (Å²) in [6.07, 6.45) is 2.66. The minimum absolute atomic E-state index is 0.0589. The Hall–Kier alpha value is -4.34. The van der Waals surface area contributed by atoms with Crippen LogP contribution in [-0.4, -0.2) is 40.1 Å². The number of hydrogen-bond donors (Lipinski definition) is 3. The third-order valence-electron chi connectivity index (χ3n) is 5.73. The fourth-order valence-corrected chi connectivity index (χ4v) is 3.91. The maximum absolute atomic E-state index is 12.7. The minimum atomic E-state index is -0.726. The molecule has 3 amide bonds. The van der Waals surface area contributed by atoms with Crippen LogP contribution in [0.2, 0.25) is 0 Å². The van der Waals surface area contributed by atoms with Crippen LogP contribution in [0.4, 0.5) is 21.0 Å². The zero-order valence-corrected chi connectivity index (χ0v) is 21.9. The van der Waals surface area contributed by atoms with Gasteiger partial charge in [0, 0.05) is 23.2 Å². The lowest BCUT2D eigenvalue weighted by atomic mass is 10.1. The van der Waals surface area contributed by atoms with Gasteiger partial charge in [-0.05, 0) is 58.2 Å². The topological polar surface area (TPSA) is 128 Å². The summed E-state index contributed by atoms with van der Waals surface area (Å²) in [7, 11) is 0. The predicted molar refractivity (Wildman–Crippen MR) is 143 cm³/mol. The number of esters is 1. The molecular formula is C28H32N4O6. The van der Waals surface area contributed by atoms with Gasteiger partial charge in [-0.2, -0.15) is 0 Å². The maximum atomic E-state index is 12.7. The molecule has 0 radical (unpaired) electrons. The second-order valence-corrected chi connectivity index (χ2v) is 10.3. The summed E-state index contributed by atoms with van der Waals surface area (Å²) in [5.41, 5.74) is 1.55. The van der Waals surface area contributed by atoms with Crippen LogP contribution < -0.4 is 16.0 Å². The highest BCUT2D eigenvalue weighted by molar-refractivity contribution is 6.11. The van der Waals surface area contributed by atoms with Crippen LogP contribution in [0.25, 0.3) is 10.9 Å². The number of nitrogens with one attached hydrogen (secondary N) is 3. The highest BCUT2D eigenvalue weighted by Crippen LogP contribution is 2.33. The average molecular weight is 521 g/mol. The minimum Gasteiger partial charge on any atom is -0.459 e. The molecule has 3 aromatic rings. The number of aromatic nitrogens is 1. The fraction of sp³-hybridized carbons (Fsp3) is 0.357. The molecule has 0 unspecified atom stereocenters. The van der Waals surface area contributed by atoms with Gasteiger partial charge in [-0.3, -0.25) is 14.9 Å². The first-order valence-corrected chi connectivity index (χ1v) is 12.4. The van der Waals surface area contributed by atoms with E-state index >= 15 is 0 Å². The molecule has 4 rings (SSSR count). The number of anilines is 2. The highest BCUT2D eigenvalue weighted by Gasteiger charge is 2.25. The van der Waals surface area contributed by atoms with E-state index in [1.165, 1.54) is 6.92 Å². The van der Waals surface area contributed by atoms with Gasteiger partial charge in [0.05, 0.1) is 16.9 Å². The first-order valence-electron chi connectivity index (χ1n) is 12.4. The van der Waals surface area contributed by atoms with E-state index in [2.05, 4.69) is 16.0 Å². The molecule has 1 heterocycles. The Morgan fingerprint density at radius 3 is 2.32 bits per heavy atom. The smallest absolute Gasteiger partial charge is 0.412 e. The van der Waals surface area contributed by atoms with E-state index in [0.29, 0.717) is 16.5 Å². The number of benzene rings is 2. The molecule has 1 aliphatic carbocycles. The number of ether oxygens (including phenoxy) is 2. The van der Waals surface area contributed by atoms with Crippen LogP contribution in [0.5, 0.6) is 0 Å². The summed E-state index contributed by atoms with van der Waals surface area (Å²) < 4.78 is 12.4. The SMILES string of the molecule is CC(=O)c1cn(CC(=O)OC(C)(C)C)c2cc(NC(=O)OCc3ccccc3)c(NC(=O)NC3CC3)cc12. The first kappa shape index (κ1) is 26.7. The van der Waals surface area contributed by atoms with Crippen molar-refractivity contribution >= 4 is 46.2 Å². The van der Waals surface area contributed by atoms with Crippen molar-refractivity contribution < 1.29 is 28.7 Å². The molecule has 1 aliphatic rings. The molecule has 38 heavy (non-hydrogen) atoms. The molecule has 2 aromatic carbocycles. The molecule has 0 saturated heterocycles. The molecule has 0 spiro atoms. The van der Waals surface area contributed by atoms with Crippen LogP contribution >= 0.6 is 0 Å². The van der Waals surface area contributed by atoms with Gasteiger partial charge in [0.2, 0.25) is 0 Å². The van der Waals surface area contributed by atoms with E-state index in [0.717, 1.165) is 18.4 Å². The molecular weight excluding hydrogens is 488 g/mol. The number of fused-ring (bicyclic) bond motifs is 1. The maximum Gasteiger partial charge on any atom is 0.412 e. The zero-order valence-electron chi connectivity index (χ0n) is 21.9.